The van der Waals surface area contributed by atoms with Gasteiger partial charge in [-0.3, -0.25) is 0 Å². The number of H-pyrrole nitrogens is 1. The van der Waals surface area contributed by atoms with Crippen LogP contribution in [0, 0.1) is 0 Å². The maximum atomic E-state index is 3.41. The molecule has 1 aromatic heterocycles. The zero-order chi connectivity index (χ0) is 14.1. The van der Waals surface area contributed by atoms with E-state index in [1.165, 1.54) is 33.2 Å². The van der Waals surface area contributed by atoms with Crippen molar-refractivity contribution in [1.82, 2.24) is 4.98 Å². The number of aromatic nitrogens is 1. The van der Waals surface area contributed by atoms with Gasteiger partial charge in [-0.1, -0.05) is 72.8 Å². The molecule has 0 spiro atoms. The second-order valence-corrected chi connectivity index (χ2v) is 5.20. The summed E-state index contributed by atoms with van der Waals surface area (Å²) in [4.78, 5) is 3.41. The number of nitrogens with one attached hydrogen (secondary N) is 1. The van der Waals surface area contributed by atoms with Crippen LogP contribution in [-0.4, -0.2) is 4.98 Å². The molecule has 0 saturated heterocycles. The Morgan fingerprint density at radius 1 is 0.571 bits per heavy atom. The van der Waals surface area contributed by atoms with Gasteiger partial charge in [0.15, 0.2) is 0 Å². The SMILES string of the molecule is c1ccc(-c2cccc(-c3[nH]cc4ccccc34)c2)cc1. The van der Waals surface area contributed by atoms with Gasteiger partial charge in [0, 0.05) is 11.6 Å². The first kappa shape index (κ1) is 12.0. The number of benzene rings is 3. The average Bonchev–Trinajstić information content (AvgIpc) is 3.00. The first-order chi connectivity index (χ1) is 10.4. The number of hydrogen-bond donors (Lipinski definition) is 1. The second kappa shape index (κ2) is 4.95. The van der Waals surface area contributed by atoms with Gasteiger partial charge in [-0.15, -0.1) is 0 Å². The summed E-state index contributed by atoms with van der Waals surface area (Å²) in [5, 5.41) is 2.51. The number of hydrogen-bond acceptors (Lipinski definition) is 0. The maximum Gasteiger partial charge on any atom is 0.0533 e. The average molecular weight is 269 g/mol. The molecule has 100 valence electrons. The highest BCUT2D eigenvalue weighted by atomic mass is 14.7. The summed E-state index contributed by atoms with van der Waals surface area (Å²) in [6.07, 6.45) is 2.07. The van der Waals surface area contributed by atoms with Crippen LogP contribution in [0.25, 0.3) is 33.2 Å². The summed E-state index contributed by atoms with van der Waals surface area (Å²) in [6.45, 7) is 0. The number of fused-ring (bicyclic) bond motifs is 1. The van der Waals surface area contributed by atoms with Gasteiger partial charge in [0.2, 0.25) is 0 Å². The summed E-state index contributed by atoms with van der Waals surface area (Å²) in [7, 11) is 0. The van der Waals surface area contributed by atoms with E-state index in [1.54, 1.807) is 0 Å². The zero-order valence-electron chi connectivity index (χ0n) is 11.6. The molecular weight excluding hydrogens is 254 g/mol. The van der Waals surface area contributed by atoms with Crippen molar-refractivity contribution in [1.29, 1.82) is 0 Å². The summed E-state index contributed by atoms with van der Waals surface area (Å²) < 4.78 is 0. The Hall–Kier alpha value is -2.80. The molecule has 0 atom stereocenters. The lowest BCUT2D eigenvalue weighted by atomic mass is 10.0. The van der Waals surface area contributed by atoms with Gasteiger partial charge in [0.05, 0.1) is 5.69 Å². The Morgan fingerprint density at radius 2 is 1.29 bits per heavy atom. The predicted octanol–water partition coefficient (Wildman–Crippen LogP) is 5.50. The third-order valence-electron chi connectivity index (χ3n) is 3.86. The van der Waals surface area contributed by atoms with Gasteiger partial charge in [-0.25, -0.2) is 0 Å². The predicted molar refractivity (Wildman–Crippen MR) is 89.2 cm³/mol. The van der Waals surface area contributed by atoms with E-state index in [9.17, 15) is 0 Å². The largest absolute Gasteiger partial charge is 0.360 e. The van der Waals surface area contributed by atoms with Crippen molar-refractivity contribution in [2.45, 2.75) is 0 Å². The van der Waals surface area contributed by atoms with Gasteiger partial charge in [0.1, 0.15) is 0 Å². The fourth-order valence-corrected chi connectivity index (χ4v) is 2.80. The Labute approximate surface area is 123 Å². The molecule has 0 unspecified atom stereocenters. The number of aromatic amines is 1. The second-order valence-electron chi connectivity index (χ2n) is 5.20. The Balaban J connectivity index is 1.87. The summed E-state index contributed by atoms with van der Waals surface area (Å²) in [5.41, 5.74) is 4.89. The Morgan fingerprint density at radius 3 is 2.19 bits per heavy atom. The Bertz CT molecular complexity index is 888. The summed E-state index contributed by atoms with van der Waals surface area (Å²) in [6, 6.07) is 27.6. The van der Waals surface area contributed by atoms with Crippen molar-refractivity contribution in [3.8, 4) is 22.4 Å². The van der Waals surface area contributed by atoms with Crippen LogP contribution < -0.4 is 0 Å². The van der Waals surface area contributed by atoms with Crippen LogP contribution >= 0.6 is 0 Å². The molecule has 0 aliphatic heterocycles. The third kappa shape index (κ3) is 2.13. The van der Waals surface area contributed by atoms with Gasteiger partial charge in [0.25, 0.3) is 0 Å². The smallest absolute Gasteiger partial charge is 0.0533 e. The lowest BCUT2D eigenvalue weighted by molar-refractivity contribution is 1.41. The van der Waals surface area contributed by atoms with E-state index in [-0.39, 0.29) is 0 Å². The van der Waals surface area contributed by atoms with E-state index in [1.807, 2.05) is 6.07 Å². The molecule has 0 aliphatic carbocycles. The van der Waals surface area contributed by atoms with Gasteiger partial charge < -0.3 is 4.98 Å². The molecule has 1 heteroatoms. The molecule has 0 radical (unpaired) electrons. The monoisotopic (exact) mass is 269 g/mol. The fraction of sp³-hybridized carbons (Fsp3) is 0. The molecule has 3 aromatic carbocycles. The van der Waals surface area contributed by atoms with Crippen LogP contribution in [0.1, 0.15) is 0 Å². The fourth-order valence-electron chi connectivity index (χ4n) is 2.80. The topological polar surface area (TPSA) is 15.8 Å². The first-order valence-electron chi connectivity index (χ1n) is 7.14. The van der Waals surface area contributed by atoms with Crippen LogP contribution in [0.3, 0.4) is 0 Å². The molecule has 1 heterocycles. The van der Waals surface area contributed by atoms with Crippen molar-refractivity contribution in [3.63, 3.8) is 0 Å². The number of rotatable bonds is 2. The van der Waals surface area contributed by atoms with E-state index in [2.05, 4.69) is 84.0 Å². The van der Waals surface area contributed by atoms with Crippen molar-refractivity contribution in [3.05, 3.63) is 85.1 Å². The molecular formula is C20H15N. The molecule has 1 N–H and O–H groups in total. The van der Waals surface area contributed by atoms with E-state index in [0.29, 0.717) is 0 Å². The molecule has 0 saturated carbocycles. The molecule has 4 rings (SSSR count). The van der Waals surface area contributed by atoms with Gasteiger partial charge >= 0.3 is 0 Å². The van der Waals surface area contributed by atoms with Crippen LogP contribution in [0.2, 0.25) is 0 Å². The highest BCUT2D eigenvalue weighted by Crippen LogP contribution is 2.30. The van der Waals surface area contributed by atoms with Crippen LogP contribution in [-0.2, 0) is 0 Å². The minimum atomic E-state index is 1.18. The lowest BCUT2D eigenvalue weighted by Crippen LogP contribution is -1.81. The zero-order valence-corrected chi connectivity index (χ0v) is 11.6. The standard InChI is InChI=1S/C20H15N/c1-2-7-15(8-3-1)16-10-6-11-17(13-16)20-19-12-5-4-9-18(19)14-21-20/h1-14,21H. The molecule has 0 amide bonds. The van der Waals surface area contributed by atoms with Crippen LogP contribution in [0.15, 0.2) is 85.1 Å². The summed E-state index contributed by atoms with van der Waals surface area (Å²) in [5.74, 6) is 0. The first-order valence-corrected chi connectivity index (χ1v) is 7.14. The molecule has 0 bridgehead atoms. The minimum absolute atomic E-state index is 1.18. The van der Waals surface area contributed by atoms with Gasteiger partial charge in [-0.05, 0) is 28.1 Å². The van der Waals surface area contributed by atoms with Gasteiger partial charge in [-0.2, -0.15) is 0 Å². The lowest BCUT2D eigenvalue weighted by Gasteiger charge is -2.05. The highest BCUT2D eigenvalue weighted by Gasteiger charge is 2.06. The highest BCUT2D eigenvalue weighted by molar-refractivity contribution is 5.96. The quantitative estimate of drug-likeness (QED) is 0.494. The normalized spacial score (nSPS) is 10.9. The van der Waals surface area contributed by atoms with E-state index >= 15 is 0 Å². The van der Waals surface area contributed by atoms with Crippen molar-refractivity contribution < 1.29 is 0 Å². The molecule has 21 heavy (non-hydrogen) atoms. The minimum Gasteiger partial charge on any atom is -0.360 e. The van der Waals surface area contributed by atoms with Crippen LogP contribution in [0.4, 0.5) is 0 Å². The van der Waals surface area contributed by atoms with Crippen molar-refractivity contribution >= 4 is 10.8 Å². The molecule has 0 aliphatic rings. The van der Waals surface area contributed by atoms with Crippen LogP contribution in [0.5, 0.6) is 0 Å². The molecule has 4 aromatic rings. The summed E-state index contributed by atoms with van der Waals surface area (Å²) >= 11 is 0. The van der Waals surface area contributed by atoms with E-state index in [4.69, 9.17) is 0 Å². The maximum absolute atomic E-state index is 3.41. The Kier molecular flexibility index (Phi) is 2.82. The van der Waals surface area contributed by atoms with Crippen molar-refractivity contribution in [2.24, 2.45) is 0 Å². The van der Waals surface area contributed by atoms with Crippen molar-refractivity contribution in [2.75, 3.05) is 0 Å². The third-order valence-corrected chi connectivity index (χ3v) is 3.86. The van der Waals surface area contributed by atoms with E-state index < -0.39 is 0 Å². The molecule has 0 fully saturated rings. The van der Waals surface area contributed by atoms with E-state index in [0.717, 1.165) is 0 Å². The molecule has 1 nitrogen and oxygen atoms in total.